The van der Waals surface area contributed by atoms with Crippen molar-refractivity contribution in [1.82, 2.24) is 10.2 Å². The highest BCUT2D eigenvalue weighted by Crippen LogP contribution is 2.22. The van der Waals surface area contributed by atoms with Crippen molar-refractivity contribution < 1.29 is 22.8 Å². The summed E-state index contributed by atoms with van der Waals surface area (Å²) < 4.78 is 27.5. The number of amides is 4. The Kier molecular flexibility index (Phi) is 5.54. The number of sulfonamides is 1. The zero-order valence-corrected chi connectivity index (χ0v) is 15.4. The summed E-state index contributed by atoms with van der Waals surface area (Å²) in [5, 5.41) is 0.191. The van der Waals surface area contributed by atoms with E-state index < -0.39 is 27.2 Å². The number of hydrogen-bond donors (Lipinski definition) is 2. The Labute approximate surface area is 156 Å². The molecule has 2 aliphatic rings. The monoisotopic (exact) mass is 392 g/mol. The molecule has 10 heteroatoms. The third kappa shape index (κ3) is 4.33. The van der Waals surface area contributed by atoms with Gasteiger partial charge in [0.2, 0.25) is 10.0 Å². The number of likely N-dealkylation sites (tertiary alicyclic amines) is 1. The first kappa shape index (κ1) is 19.0. The molecule has 144 valence electrons. The maximum atomic E-state index is 12.9. The summed E-state index contributed by atoms with van der Waals surface area (Å²) >= 11 is 0. The minimum atomic E-state index is -4.24. The first-order chi connectivity index (χ1) is 12.9. The van der Waals surface area contributed by atoms with Crippen molar-refractivity contribution in [2.75, 3.05) is 17.8 Å². The molecule has 4 amide bonds. The van der Waals surface area contributed by atoms with Crippen molar-refractivity contribution in [3.8, 4) is 0 Å². The van der Waals surface area contributed by atoms with Gasteiger partial charge in [0.15, 0.2) is 5.25 Å². The average molecular weight is 392 g/mol. The third-order valence-corrected chi connectivity index (χ3v) is 5.96. The molecule has 1 fully saturated rings. The number of nitrogens with zero attached hydrogens (tertiary/aromatic N) is 2. The van der Waals surface area contributed by atoms with Gasteiger partial charge in [0.25, 0.3) is 11.8 Å². The molecule has 1 saturated heterocycles. The molecule has 2 N–H and O–H groups in total. The smallest absolute Gasteiger partial charge is 0.339 e. The van der Waals surface area contributed by atoms with Gasteiger partial charge >= 0.3 is 6.03 Å². The Morgan fingerprint density at radius 1 is 1.11 bits per heavy atom. The molecule has 2 heterocycles. The Bertz CT molecular complexity index is 888. The molecule has 0 radical (unpaired) electrons. The van der Waals surface area contributed by atoms with Crippen molar-refractivity contribution in [3.63, 3.8) is 0 Å². The van der Waals surface area contributed by atoms with E-state index in [2.05, 4.69) is 9.71 Å². The molecule has 9 nitrogen and oxygen atoms in total. The van der Waals surface area contributed by atoms with Crippen molar-refractivity contribution in [1.29, 1.82) is 0 Å². The van der Waals surface area contributed by atoms with Gasteiger partial charge in [-0.05, 0) is 25.0 Å². The molecule has 0 bridgehead atoms. The molecule has 2 aliphatic heterocycles. The lowest BCUT2D eigenvalue weighted by Crippen LogP contribution is -2.48. The van der Waals surface area contributed by atoms with Crippen molar-refractivity contribution in [2.24, 2.45) is 4.99 Å². The predicted molar refractivity (Wildman–Crippen MR) is 99.2 cm³/mol. The fourth-order valence-electron chi connectivity index (χ4n) is 3.05. The zero-order valence-electron chi connectivity index (χ0n) is 14.6. The highest BCUT2D eigenvalue weighted by molar-refractivity contribution is 7.94. The molecule has 27 heavy (non-hydrogen) atoms. The number of nitrogens with one attached hydrogen (secondary N) is 2. The zero-order chi connectivity index (χ0) is 19.4. The molecule has 0 aliphatic carbocycles. The summed E-state index contributed by atoms with van der Waals surface area (Å²) in [7, 11) is -4.24. The molecule has 0 spiro atoms. The van der Waals surface area contributed by atoms with Crippen LogP contribution in [-0.4, -0.2) is 55.7 Å². The fraction of sp³-hybridized carbons (Fsp3) is 0.412. The lowest BCUT2D eigenvalue weighted by molar-refractivity contribution is -0.118. The van der Waals surface area contributed by atoms with Gasteiger partial charge < -0.3 is 4.90 Å². The van der Waals surface area contributed by atoms with Gasteiger partial charge in [-0.3, -0.25) is 19.6 Å². The van der Waals surface area contributed by atoms with Crippen LogP contribution in [0.3, 0.4) is 0 Å². The van der Waals surface area contributed by atoms with E-state index in [1.807, 2.05) is 5.32 Å². The normalized spacial score (nSPS) is 20.7. The van der Waals surface area contributed by atoms with E-state index >= 15 is 0 Å². The van der Waals surface area contributed by atoms with Gasteiger partial charge in [-0.1, -0.05) is 25.0 Å². The SMILES string of the molecule is O=C1N=CC(S(=O)(=O)Nc2ccccc2C(=O)N2CCCCCC2)C(=O)N1. The molecule has 1 atom stereocenters. The number of anilines is 1. The number of para-hydroxylation sites is 1. The van der Waals surface area contributed by atoms with E-state index in [9.17, 15) is 22.8 Å². The highest BCUT2D eigenvalue weighted by atomic mass is 32.2. The van der Waals surface area contributed by atoms with Crippen LogP contribution in [0.4, 0.5) is 10.5 Å². The summed E-state index contributed by atoms with van der Waals surface area (Å²) in [6, 6.07) is 5.34. The van der Waals surface area contributed by atoms with Crippen molar-refractivity contribution >= 4 is 39.8 Å². The summed E-state index contributed by atoms with van der Waals surface area (Å²) in [4.78, 5) is 40.8. The number of rotatable bonds is 4. The standard InChI is InChI=1S/C17H20N4O5S/c22-15-14(11-18-17(24)19-15)27(25,26)20-13-8-4-3-7-12(13)16(23)21-9-5-1-2-6-10-21/h3-4,7-8,11,14,20H,1-2,5-6,9-10H2,(H,19,22,24). The lowest BCUT2D eigenvalue weighted by Gasteiger charge is -2.23. The molecule has 3 rings (SSSR count). The average Bonchev–Trinajstić information content (AvgIpc) is 2.90. The van der Waals surface area contributed by atoms with Gasteiger partial charge in [0, 0.05) is 19.3 Å². The molecular formula is C17H20N4O5S. The number of imide groups is 1. The lowest BCUT2D eigenvalue weighted by atomic mass is 10.1. The minimum absolute atomic E-state index is 0.0878. The quantitative estimate of drug-likeness (QED) is 0.795. The van der Waals surface area contributed by atoms with Crippen LogP contribution in [0.2, 0.25) is 0 Å². The summed E-state index contributed by atoms with van der Waals surface area (Å²) in [5.41, 5.74) is 0.303. The van der Waals surface area contributed by atoms with Gasteiger partial charge in [-0.2, -0.15) is 0 Å². The molecule has 1 unspecified atom stereocenters. The molecule has 0 saturated carbocycles. The largest absolute Gasteiger partial charge is 0.347 e. The van der Waals surface area contributed by atoms with E-state index in [4.69, 9.17) is 0 Å². The highest BCUT2D eigenvalue weighted by Gasteiger charge is 2.36. The van der Waals surface area contributed by atoms with E-state index in [0.29, 0.717) is 13.1 Å². The Morgan fingerprint density at radius 3 is 2.44 bits per heavy atom. The van der Waals surface area contributed by atoms with Crippen LogP contribution in [0.25, 0.3) is 0 Å². The second-order valence-electron chi connectivity index (χ2n) is 6.39. The first-order valence-electron chi connectivity index (χ1n) is 8.67. The summed E-state index contributed by atoms with van der Waals surface area (Å²) in [6.07, 6.45) is 4.72. The minimum Gasteiger partial charge on any atom is -0.339 e. The second-order valence-corrected chi connectivity index (χ2v) is 8.19. The van der Waals surface area contributed by atoms with Gasteiger partial charge in [-0.15, -0.1) is 0 Å². The number of carbonyl (C=O) groups excluding carboxylic acids is 3. The first-order valence-corrected chi connectivity index (χ1v) is 10.2. The number of carbonyl (C=O) groups is 3. The van der Waals surface area contributed by atoms with E-state index in [1.165, 1.54) is 6.07 Å². The van der Waals surface area contributed by atoms with E-state index in [-0.39, 0.29) is 17.2 Å². The van der Waals surface area contributed by atoms with Crippen LogP contribution in [0.15, 0.2) is 29.3 Å². The van der Waals surface area contributed by atoms with Gasteiger partial charge in [0.1, 0.15) is 0 Å². The Hall–Kier alpha value is -2.75. The predicted octanol–water partition coefficient (Wildman–Crippen LogP) is 1.13. The van der Waals surface area contributed by atoms with Crippen LogP contribution in [-0.2, 0) is 14.8 Å². The maximum Gasteiger partial charge on any atom is 0.347 e. The fourth-order valence-corrected chi connectivity index (χ4v) is 4.23. The van der Waals surface area contributed by atoms with Crippen molar-refractivity contribution in [3.05, 3.63) is 29.8 Å². The van der Waals surface area contributed by atoms with Crippen LogP contribution >= 0.6 is 0 Å². The Morgan fingerprint density at radius 2 is 1.78 bits per heavy atom. The maximum absolute atomic E-state index is 12.9. The van der Waals surface area contributed by atoms with Crippen molar-refractivity contribution in [2.45, 2.75) is 30.9 Å². The summed E-state index contributed by atoms with van der Waals surface area (Å²) in [5.74, 6) is -1.24. The molecule has 1 aromatic rings. The van der Waals surface area contributed by atoms with Crippen LogP contribution < -0.4 is 10.0 Å². The van der Waals surface area contributed by atoms with Gasteiger partial charge in [-0.25, -0.2) is 18.2 Å². The number of urea groups is 1. The van der Waals surface area contributed by atoms with Crippen LogP contribution in [0, 0.1) is 0 Å². The number of aliphatic imine (C=N–C) groups is 1. The van der Waals surface area contributed by atoms with Crippen LogP contribution in [0.1, 0.15) is 36.0 Å². The Balaban J connectivity index is 1.85. The number of hydrogen-bond acceptors (Lipinski definition) is 5. The van der Waals surface area contributed by atoms with E-state index in [1.54, 1.807) is 23.1 Å². The van der Waals surface area contributed by atoms with Gasteiger partial charge in [0.05, 0.1) is 11.3 Å². The third-order valence-electron chi connectivity index (χ3n) is 4.45. The molecule has 0 aromatic heterocycles. The topological polar surface area (TPSA) is 125 Å². The number of benzene rings is 1. The summed E-state index contributed by atoms with van der Waals surface area (Å²) in [6.45, 7) is 1.25. The second kappa shape index (κ2) is 7.87. The molecule has 1 aromatic carbocycles. The van der Waals surface area contributed by atoms with Crippen LogP contribution in [0.5, 0.6) is 0 Å². The molecular weight excluding hydrogens is 372 g/mol. The van der Waals surface area contributed by atoms with E-state index in [0.717, 1.165) is 31.9 Å².